The van der Waals surface area contributed by atoms with Gasteiger partial charge in [0.15, 0.2) is 6.10 Å². The molecule has 2 heterocycles. The van der Waals surface area contributed by atoms with E-state index in [1.165, 1.54) is 9.80 Å². The molecule has 10 heteroatoms. The summed E-state index contributed by atoms with van der Waals surface area (Å²) >= 11 is 0. The molecule has 2 N–H and O–H groups in total. The van der Waals surface area contributed by atoms with Crippen molar-refractivity contribution in [2.75, 3.05) is 37.7 Å². The van der Waals surface area contributed by atoms with Crippen LogP contribution in [0.25, 0.3) is 0 Å². The van der Waals surface area contributed by atoms with Crippen molar-refractivity contribution in [3.8, 4) is 0 Å². The summed E-state index contributed by atoms with van der Waals surface area (Å²) in [5.41, 5.74) is 1.56. The van der Waals surface area contributed by atoms with Gasteiger partial charge in [0.1, 0.15) is 6.10 Å². The standard InChI is InChI=1S/C29H37N3O7/c1-20(2)16-31(27(34)26-18-32(29(36)39-26)22-11-7-4-8-12-22)17-25(33)24(15-21-9-5-3-6-10-21)30-28(35)38-23-13-14-37-19-23/h3-12,20,23-26,33H,13-19H2,1-2H3,(H,30,35)/t23-,24-,25-,26-/m0/s1. The summed E-state index contributed by atoms with van der Waals surface area (Å²) in [5.74, 6) is -0.296. The van der Waals surface area contributed by atoms with Crippen LogP contribution in [0, 0.1) is 5.92 Å². The van der Waals surface area contributed by atoms with E-state index in [4.69, 9.17) is 14.2 Å². The molecule has 39 heavy (non-hydrogen) atoms. The number of anilines is 1. The van der Waals surface area contributed by atoms with Crippen molar-refractivity contribution in [3.63, 3.8) is 0 Å². The molecule has 4 rings (SSSR count). The van der Waals surface area contributed by atoms with Gasteiger partial charge in [-0.25, -0.2) is 9.59 Å². The van der Waals surface area contributed by atoms with Gasteiger partial charge >= 0.3 is 12.2 Å². The number of benzene rings is 2. The number of hydrogen-bond acceptors (Lipinski definition) is 7. The van der Waals surface area contributed by atoms with E-state index >= 15 is 0 Å². The topological polar surface area (TPSA) is 118 Å². The first-order valence-corrected chi connectivity index (χ1v) is 13.4. The summed E-state index contributed by atoms with van der Waals surface area (Å²) in [7, 11) is 0. The molecular formula is C29H37N3O7. The highest BCUT2D eigenvalue weighted by Crippen LogP contribution is 2.23. The number of nitrogens with one attached hydrogen (secondary N) is 1. The molecule has 0 radical (unpaired) electrons. The number of amides is 3. The number of para-hydroxylation sites is 1. The Morgan fingerprint density at radius 2 is 1.79 bits per heavy atom. The number of nitrogens with zero attached hydrogens (tertiary/aromatic N) is 2. The first-order valence-electron chi connectivity index (χ1n) is 13.4. The third-order valence-corrected chi connectivity index (χ3v) is 6.69. The lowest BCUT2D eigenvalue weighted by Gasteiger charge is -2.32. The molecule has 2 aromatic carbocycles. The van der Waals surface area contributed by atoms with Crippen molar-refractivity contribution in [2.45, 2.75) is 51.0 Å². The zero-order valence-corrected chi connectivity index (χ0v) is 22.4. The van der Waals surface area contributed by atoms with Crippen LogP contribution in [0.3, 0.4) is 0 Å². The van der Waals surface area contributed by atoms with Crippen molar-refractivity contribution < 1.29 is 33.7 Å². The molecule has 2 aromatic rings. The molecule has 2 saturated heterocycles. The molecule has 2 fully saturated rings. The highest BCUT2D eigenvalue weighted by Gasteiger charge is 2.40. The van der Waals surface area contributed by atoms with E-state index in [9.17, 15) is 19.5 Å². The quantitative estimate of drug-likeness (QED) is 0.451. The van der Waals surface area contributed by atoms with Crippen LogP contribution in [-0.2, 0) is 25.4 Å². The number of ether oxygens (including phenoxy) is 3. The molecule has 0 aromatic heterocycles. The Bertz CT molecular complexity index is 1090. The van der Waals surface area contributed by atoms with Crippen LogP contribution in [0.1, 0.15) is 25.8 Å². The molecule has 4 atom stereocenters. The third-order valence-electron chi connectivity index (χ3n) is 6.69. The Morgan fingerprint density at radius 3 is 2.44 bits per heavy atom. The lowest BCUT2D eigenvalue weighted by Crippen LogP contribution is -2.53. The zero-order valence-electron chi connectivity index (χ0n) is 22.4. The molecule has 2 aliphatic heterocycles. The normalized spacial score (nSPS) is 20.4. The number of alkyl carbamates (subject to hydrolysis) is 1. The van der Waals surface area contributed by atoms with Crippen LogP contribution in [0.5, 0.6) is 0 Å². The minimum atomic E-state index is -1.11. The van der Waals surface area contributed by atoms with E-state index in [1.54, 1.807) is 12.1 Å². The van der Waals surface area contributed by atoms with E-state index in [0.29, 0.717) is 38.3 Å². The maximum Gasteiger partial charge on any atom is 0.415 e. The number of cyclic esters (lactones) is 1. The first-order chi connectivity index (χ1) is 18.8. The van der Waals surface area contributed by atoms with Crippen LogP contribution >= 0.6 is 0 Å². The van der Waals surface area contributed by atoms with Gasteiger partial charge in [-0.15, -0.1) is 0 Å². The number of rotatable bonds is 11. The predicted octanol–water partition coefficient (Wildman–Crippen LogP) is 2.98. The predicted molar refractivity (Wildman–Crippen MR) is 144 cm³/mol. The highest BCUT2D eigenvalue weighted by molar-refractivity contribution is 5.95. The van der Waals surface area contributed by atoms with Crippen molar-refractivity contribution in [1.29, 1.82) is 0 Å². The van der Waals surface area contributed by atoms with E-state index in [-0.39, 0.29) is 25.1 Å². The third kappa shape index (κ3) is 7.93. The van der Waals surface area contributed by atoms with Crippen LogP contribution in [0.4, 0.5) is 15.3 Å². The van der Waals surface area contributed by atoms with Gasteiger partial charge in [-0.1, -0.05) is 62.4 Å². The molecule has 0 aliphatic carbocycles. The molecule has 0 bridgehead atoms. The molecule has 0 saturated carbocycles. The minimum Gasteiger partial charge on any atom is -0.444 e. The fraction of sp³-hybridized carbons (Fsp3) is 0.483. The Labute approximate surface area is 228 Å². The van der Waals surface area contributed by atoms with E-state index in [0.717, 1.165) is 5.56 Å². The van der Waals surface area contributed by atoms with Gasteiger partial charge in [-0.3, -0.25) is 9.69 Å². The van der Waals surface area contributed by atoms with Gasteiger partial charge in [0.05, 0.1) is 31.9 Å². The van der Waals surface area contributed by atoms with Crippen molar-refractivity contribution in [3.05, 3.63) is 66.2 Å². The van der Waals surface area contributed by atoms with Gasteiger partial charge in [0.2, 0.25) is 0 Å². The number of hydrogen-bond donors (Lipinski definition) is 2. The average molecular weight is 540 g/mol. The molecule has 10 nitrogen and oxygen atoms in total. The lowest BCUT2D eigenvalue weighted by molar-refractivity contribution is -0.140. The summed E-state index contributed by atoms with van der Waals surface area (Å²) in [6.45, 7) is 5.17. The smallest absolute Gasteiger partial charge is 0.415 e. The van der Waals surface area contributed by atoms with Crippen LogP contribution in [-0.4, -0.2) is 85.3 Å². The summed E-state index contributed by atoms with van der Waals surface area (Å²) in [6.07, 6.45) is -2.72. The maximum atomic E-state index is 13.6. The van der Waals surface area contributed by atoms with Crippen LogP contribution in [0.2, 0.25) is 0 Å². The first kappa shape index (κ1) is 28.4. The van der Waals surface area contributed by atoms with Crippen LogP contribution in [0.15, 0.2) is 60.7 Å². The van der Waals surface area contributed by atoms with Gasteiger partial charge in [0, 0.05) is 25.2 Å². The van der Waals surface area contributed by atoms with Crippen LogP contribution < -0.4 is 10.2 Å². The second-order valence-electron chi connectivity index (χ2n) is 10.4. The number of aliphatic hydroxyl groups excluding tert-OH is 1. The molecule has 0 unspecified atom stereocenters. The van der Waals surface area contributed by atoms with E-state index in [1.807, 2.05) is 62.4 Å². The summed E-state index contributed by atoms with van der Waals surface area (Å²) in [5, 5.41) is 14.1. The monoisotopic (exact) mass is 539 g/mol. The van der Waals surface area contributed by atoms with Gasteiger partial charge in [0.25, 0.3) is 5.91 Å². The Hall–Kier alpha value is -3.63. The van der Waals surface area contributed by atoms with Gasteiger partial charge in [-0.05, 0) is 30.0 Å². The second-order valence-corrected chi connectivity index (χ2v) is 10.4. The number of carbonyl (C=O) groups is 3. The highest BCUT2D eigenvalue weighted by atomic mass is 16.6. The second kappa shape index (κ2) is 13.4. The Morgan fingerprint density at radius 1 is 1.10 bits per heavy atom. The fourth-order valence-electron chi connectivity index (χ4n) is 4.76. The molecule has 3 amide bonds. The molecular weight excluding hydrogens is 502 g/mol. The van der Waals surface area contributed by atoms with E-state index in [2.05, 4.69) is 5.32 Å². The van der Waals surface area contributed by atoms with Crippen molar-refractivity contribution in [1.82, 2.24) is 10.2 Å². The molecule has 2 aliphatic rings. The summed E-state index contributed by atoms with van der Waals surface area (Å²) < 4.78 is 16.2. The fourth-order valence-corrected chi connectivity index (χ4v) is 4.76. The van der Waals surface area contributed by atoms with Gasteiger partial charge < -0.3 is 29.5 Å². The SMILES string of the molecule is CC(C)CN(C[C@H](O)[C@H](Cc1ccccc1)NC(=O)O[C@H]1CCOC1)C(=O)[C@@H]1CN(c2ccccc2)C(=O)O1. The Kier molecular flexibility index (Phi) is 9.78. The van der Waals surface area contributed by atoms with Crippen molar-refractivity contribution >= 4 is 23.8 Å². The Balaban J connectivity index is 1.46. The largest absolute Gasteiger partial charge is 0.444 e. The van der Waals surface area contributed by atoms with Gasteiger partial charge in [-0.2, -0.15) is 0 Å². The van der Waals surface area contributed by atoms with Crippen molar-refractivity contribution in [2.24, 2.45) is 5.92 Å². The number of carbonyl (C=O) groups excluding carboxylic acids is 3. The average Bonchev–Trinajstić information content (AvgIpc) is 3.57. The summed E-state index contributed by atoms with van der Waals surface area (Å²) in [6, 6.07) is 17.8. The zero-order chi connectivity index (χ0) is 27.8. The summed E-state index contributed by atoms with van der Waals surface area (Å²) in [4.78, 5) is 41.7. The van der Waals surface area contributed by atoms with E-state index < -0.39 is 36.3 Å². The minimum absolute atomic E-state index is 0.0548. The molecule has 0 spiro atoms. The molecule has 210 valence electrons. The maximum absolute atomic E-state index is 13.6. The number of aliphatic hydroxyl groups is 1. The lowest BCUT2D eigenvalue weighted by atomic mass is 10.0.